The molecule has 3 aromatic rings. The number of nitrogens with one attached hydrogen (secondary N) is 2. The van der Waals surface area contributed by atoms with Crippen molar-refractivity contribution in [2.24, 2.45) is 0 Å². The van der Waals surface area contributed by atoms with Gasteiger partial charge >= 0.3 is 0 Å². The van der Waals surface area contributed by atoms with Crippen molar-refractivity contribution < 1.29 is 14.0 Å². The molecule has 0 saturated carbocycles. The number of benzene rings is 2. The van der Waals surface area contributed by atoms with Crippen LogP contribution in [0, 0.1) is 5.82 Å². The number of aromatic amines is 1. The van der Waals surface area contributed by atoms with E-state index in [2.05, 4.69) is 16.4 Å². The van der Waals surface area contributed by atoms with E-state index in [1.165, 1.54) is 23.1 Å². The van der Waals surface area contributed by atoms with Crippen LogP contribution in [-0.2, 0) is 22.6 Å². The van der Waals surface area contributed by atoms with E-state index in [1.807, 2.05) is 31.3 Å². The Morgan fingerprint density at radius 2 is 1.86 bits per heavy atom. The predicted octanol–water partition coefficient (Wildman–Crippen LogP) is 3.79. The molecule has 0 radical (unpaired) electrons. The number of halogens is 1. The first kappa shape index (κ1) is 20.6. The van der Waals surface area contributed by atoms with Crippen LogP contribution in [0.15, 0.2) is 54.7 Å². The van der Waals surface area contributed by atoms with Gasteiger partial charge < -0.3 is 15.2 Å². The number of amides is 2. The molecular weight excluding hydrogens is 369 g/mol. The Labute approximate surface area is 169 Å². The number of fused-ring (bicyclic) bond motifs is 1. The zero-order valence-corrected chi connectivity index (χ0v) is 16.6. The van der Waals surface area contributed by atoms with Crippen LogP contribution in [0.1, 0.15) is 30.9 Å². The minimum absolute atomic E-state index is 0.0238. The van der Waals surface area contributed by atoms with Crippen molar-refractivity contribution >= 4 is 22.7 Å². The average Bonchev–Trinajstić information content (AvgIpc) is 3.14. The number of nitrogens with zero attached hydrogens (tertiary/aromatic N) is 1. The first-order chi connectivity index (χ1) is 14.1. The van der Waals surface area contributed by atoms with Gasteiger partial charge in [0.05, 0.1) is 6.54 Å². The zero-order chi connectivity index (χ0) is 20.6. The average molecular weight is 395 g/mol. The van der Waals surface area contributed by atoms with Crippen LogP contribution >= 0.6 is 0 Å². The van der Waals surface area contributed by atoms with Crippen LogP contribution in [-0.4, -0.2) is 34.8 Å². The predicted molar refractivity (Wildman–Crippen MR) is 112 cm³/mol. The lowest BCUT2D eigenvalue weighted by Gasteiger charge is -2.20. The quantitative estimate of drug-likeness (QED) is 0.579. The molecule has 2 amide bonds. The van der Waals surface area contributed by atoms with Crippen LogP contribution < -0.4 is 5.32 Å². The molecule has 1 aromatic heterocycles. The first-order valence-electron chi connectivity index (χ1n) is 9.90. The van der Waals surface area contributed by atoms with Crippen LogP contribution in [0.5, 0.6) is 0 Å². The molecule has 29 heavy (non-hydrogen) atoms. The molecule has 0 fully saturated rings. The molecule has 152 valence electrons. The molecule has 0 aliphatic carbocycles. The number of carbonyl (C=O) groups excluding carboxylic acids is 2. The van der Waals surface area contributed by atoms with Crippen LogP contribution in [0.25, 0.3) is 10.9 Å². The summed E-state index contributed by atoms with van der Waals surface area (Å²) in [5, 5.41) is 3.96. The van der Waals surface area contributed by atoms with Crippen molar-refractivity contribution in [2.75, 3.05) is 13.1 Å². The molecular formula is C23H26FN3O2. The number of H-pyrrole nitrogens is 1. The molecule has 3 rings (SSSR count). The van der Waals surface area contributed by atoms with Gasteiger partial charge in [0.1, 0.15) is 5.82 Å². The van der Waals surface area contributed by atoms with Crippen molar-refractivity contribution in [2.45, 2.75) is 32.7 Å². The number of hydrogen-bond donors (Lipinski definition) is 2. The summed E-state index contributed by atoms with van der Waals surface area (Å²) in [6.07, 6.45) is 3.94. The SMILES string of the molecule is CCN(CC(=O)NCc1ccc(F)cc1)C(=O)CCCc1c[nH]c2ccccc12. The molecule has 5 nitrogen and oxygen atoms in total. The van der Waals surface area contributed by atoms with Gasteiger partial charge in [-0.2, -0.15) is 0 Å². The number of hydrogen-bond acceptors (Lipinski definition) is 2. The Hall–Kier alpha value is -3.15. The van der Waals surface area contributed by atoms with Crippen molar-refractivity contribution in [1.82, 2.24) is 15.2 Å². The molecule has 0 unspecified atom stereocenters. The summed E-state index contributed by atoms with van der Waals surface area (Å²) in [6, 6.07) is 14.1. The molecule has 6 heteroatoms. The lowest BCUT2D eigenvalue weighted by molar-refractivity contribution is -0.136. The highest BCUT2D eigenvalue weighted by molar-refractivity contribution is 5.85. The van der Waals surface area contributed by atoms with Crippen LogP contribution in [0.4, 0.5) is 4.39 Å². The largest absolute Gasteiger partial charge is 0.361 e. The van der Waals surface area contributed by atoms with E-state index in [-0.39, 0.29) is 24.2 Å². The maximum Gasteiger partial charge on any atom is 0.239 e. The Bertz CT molecular complexity index is 966. The second-order valence-corrected chi connectivity index (χ2v) is 7.02. The third kappa shape index (κ3) is 5.67. The fraction of sp³-hybridized carbons (Fsp3) is 0.304. The second kappa shape index (κ2) is 9.87. The summed E-state index contributed by atoms with van der Waals surface area (Å²) in [6.45, 7) is 2.69. The maximum atomic E-state index is 12.9. The molecule has 0 spiro atoms. The van der Waals surface area contributed by atoms with Crippen molar-refractivity contribution in [3.8, 4) is 0 Å². The van der Waals surface area contributed by atoms with Crippen molar-refractivity contribution in [3.05, 3.63) is 71.7 Å². The molecule has 0 bridgehead atoms. The Morgan fingerprint density at radius 1 is 1.10 bits per heavy atom. The number of aromatic nitrogens is 1. The lowest BCUT2D eigenvalue weighted by Crippen LogP contribution is -2.40. The highest BCUT2D eigenvalue weighted by Crippen LogP contribution is 2.19. The number of rotatable bonds is 9. The van der Waals surface area contributed by atoms with E-state index in [1.54, 1.807) is 17.0 Å². The highest BCUT2D eigenvalue weighted by Gasteiger charge is 2.15. The van der Waals surface area contributed by atoms with Gasteiger partial charge in [0.25, 0.3) is 0 Å². The molecule has 2 aromatic carbocycles. The molecule has 0 saturated heterocycles. The van der Waals surface area contributed by atoms with Crippen molar-refractivity contribution in [3.63, 3.8) is 0 Å². The highest BCUT2D eigenvalue weighted by atomic mass is 19.1. The van der Waals surface area contributed by atoms with Gasteiger partial charge in [0.2, 0.25) is 11.8 Å². The van der Waals surface area contributed by atoms with E-state index in [4.69, 9.17) is 0 Å². The number of likely N-dealkylation sites (N-methyl/N-ethyl adjacent to an activating group) is 1. The van der Waals surface area contributed by atoms with Gasteiger partial charge in [0.15, 0.2) is 0 Å². The van der Waals surface area contributed by atoms with Crippen LogP contribution in [0.3, 0.4) is 0 Å². The van der Waals surface area contributed by atoms with Gasteiger partial charge in [0, 0.05) is 36.6 Å². The van der Waals surface area contributed by atoms with E-state index in [9.17, 15) is 14.0 Å². The zero-order valence-electron chi connectivity index (χ0n) is 16.6. The molecule has 2 N–H and O–H groups in total. The second-order valence-electron chi connectivity index (χ2n) is 7.02. The van der Waals surface area contributed by atoms with Gasteiger partial charge in [-0.15, -0.1) is 0 Å². The monoisotopic (exact) mass is 395 g/mol. The lowest BCUT2D eigenvalue weighted by atomic mass is 10.1. The molecule has 0 aliphatic rings. The van der Waals surface area contributed by atoms with Gasteiger partial charge in [-0.05, 0) is 49.1 Å². The van der Waals surface area contributed by atoms with Crippen LogP contribution in [0.2, 0.25) is 0 Å². The van der Waals surface area contributed by atoms with Gasteiger partial charge in [-0.1, -0.05) is 30.3 Å². The normalized spacial score (nSPS) is 10.8. The van der Waals surface area contributed by atoms with E-state index in [0.29, 0.717) is 19.5 Å². The summed E-state index contributed by atoms with van der Waals surface area (Å²) in [5.74, 6) is -0.555. The van der Waals surface area contributed by atoms with E-state index < -0.39 is 0 Å². The van der Waals surface area contributed by atoms with Gasteiger partial charge in [-0.25, -0.2) is 4.39 Å². The summed E-state index contributed by atoms with van der Waals surface area (Å²) < 4.78 is 12.9. The summed E-state index contributed by atoms with van der Waals surface area (Å²) in [4.78, 5) is 29.5. The third-order valence-corrected chi connectivity index (χ3v) is 4.98. The number of carbonyl (C=O) groups is 2. The fourth-order valence-corrected chi connectivity index (χ4v) is 3.34. The topological polar surface area (TPSA) is 65.2 Å². The maximum absolute atomic E-state index is 12.9. The fourth-order valence-electron chi connectivity index (χ4n) is 3.34. The third-order valence-electron chi connectivity index (χ3n) is 4.98. The summed E-state index contributed by atoms with van der Waals surface area (Å²) in [5.41, 5.74) is 3.11. The number of para-hydroxylation sites is 1. The molecule has 0 atom stereocenters. The smallest absolute Gasteiger partial charge is 0.239 e. The minimum atomic E-state index is -0.310. The Morgan fingerprint density at radius 3 is 2.62 bits per heavy atom. The summed E-state index contributed by atoms with van der Waals surface area (Å²) >= 11 is 0. The Balaban J connectivity index is 1.44. The van der Waals surface area contributed by atoms with Gasteiger partial charge in [-0.3, -0.25) is 9.59 Å². The number of aryl methyl sites for hydroxylation is 1. The molecule has 0 aliphatic heterocycles. The first-order valence-corrected chi connectivity index (χ1v) is 9.90. The Kier molecular flexibility index (Phi) is 7.00. The minimum Gasteiger partial charge on any atom is -0.361 e. The van der Waals surface area contributed by atoms with E-state index >= 15 is 0 Å². The van der Waals surface area contributed by atoms with E-state index in [0.717, 1.165) is 23.9 Å². The molecule has 1 heterocycles. The standard InChI is InChI=1S/C23H26FN3O2/c1-2-27(16-22(28)26-14-17-10-12-19(24)13-11-17)23(29)9-5-6-18-15-25-21-8-4-3-7-20(18)21/h3-4,7-8,10-13,15,25H,2,5-6,9,14,16H2,1H3,(H,26,28). The summed E-state index contributed by atoms with van der Waals surface area (Å²) in [7, 11) is 0. The van der Waals surface area contributed by atoms with Crippen molar-refractivity contribution in [1.29, 1.82) is 0 Å².